The molecule has 0 radical (unpaired) electrons. The van der Waals surface area contributed by atoms with Gasteiger partial charge < -0.3 is 25.4 Å². The molecule has 1 fully saturated rings. The van der Waals surface area contributed by atoms with Crippen LogP contribution < -0.4 is 15.4 Å². The van der Waals surface area contributed by atoms with Gasteiger partial charge in [-0.3, -0.25) is 9.59 Å². The number of hydrogen-bond acceptors (Lipinski definition) is 5. The zero-order chi connectivity index (χ0) is 29.0. The van der Waals surface area contributed by atoms with Gasteiger partial charge in [0.05, 0.1) is 0 Å². The van der Waals surface area contributed by atoms with Crippen LogP contribution in [0, 0.1) is 0 Å². The molecular weight excluding hydrogens is 518 g/mol. The molecule has 3 aromatic rings. The van der Waals surface area contributed by atoms with Crippen molar-refractivity contribution in [1.29, 1.82) is 0 Å². The number of carbonyl (C=O) groups is 3. The van der Waals surface area contributed by atoms with Crippen molar-refractivity contribution in [3.05, 3.63) is 101 Å². The first kappa shape index (κ1) is 29.8. The summed E-state index contributed by atoms with van der Waals surface area (Å²) in [5, 5.41) is 15.1. The van der Waals surface area contributed by atoms with E-state index in [-0.39, 0.29) is 24.5 Å². The van der Waals surface area contributed by atoms with Crippen molar-refractivity contribution in [2.24, 2.45) is 0 Å². The van der Waals surface area contributed by atoms with Crippen LogP contribution in [-0.2, 0) is 40.1 Å². The molecule has 1 heterocycles. The molecule has 3 aromatic carbocycles. The number of amides is 2. The Labute approximate surface area is 241 Å². The first-order valence-electron chi connectivity index (χ1n) is 14.2. The Morgan fingerprint density at radius 3 is 2.20 bits per heavy atom. The fraction of sp³-hybridized carbons (Fsp3) is 0.364. The van der Waals surface area contributed by atoms with Gasteiger partial charge in [0.1, 0.15) is 5.75 Å². The lowest BCUT2D eigenvalue weighted by Crippen LogP contribution is -2.54. The number of nitrogens with one attached hydrogen (secondary N) is 2. The molecule has 3 N–H and O–H groups in total. The van der Waals surface area contributed by atoms with E-state index in [1.165, 1.54) is 29.2 Å². The number of piperazine rings is 1. The predicted molar refractivity (Wildman–Crippen MR) is 158 cm³/mol. The molecule has 1 aliphatic rings. The van der Waals surface area contributed by atoms with Gasteiger partial charge in [0, 0.05) is 45.6 Å². The van der Waals surface area contributed by atoms with Crippen LogP contribution >= 0.6 is 0 Å². The van der Waals surface area contributed by atoms with Crippen LogP contribution in [-0.4, -0.2) is 66.6 Å². The number of rotatable bonds is 13. The maximum absolute atomic E-state index is 13.5. The van der Waals surface area contributed by atoms with Crippen LogP contribution in [0.2, 0.25) is 0 Å². The van der Waals surface area contributed by atoms with E-state index >= 15 is 0 Å². The molecule has 1 aliphatic heterocycles. The lowest BCUT2D eigenvalue weighted by atomic mass is 9.93. The average molecular weight is 558 g/mol. The van der Waals surface area contributed by atoms with Gasteiger partial charge in [-0.05, 0) is 65.6 Å². The number of aliphatic carboxylic acids is 1. The van der Waals surface area contributed by atoms with Gasteiger partial charge in [-0.25, -0.2) is 4.79 Å². The van der Waals surface area contributed by atoms with E-state index < -0.39 is 5.97 Å². The van der Waals surface area contributed by atoms with Gasteiger partial charge >= 0.3 is 5.97 Å². The van der Waals surface area contributed by atoms with E-state index in [2.05, 4.69) is 34.9 Å². The number of hydrogen-bond donors (Lipinski definition) is 3. The molecule has 0 bridgehead atoms. The third-order valence-corrected chi connectivity index (χ3v) is 7.42. The van der Waals surface area contributed by atoms with Crippen molar-refractivity contribution in [1.82, 2.24) is 15.5 Å². The van der Waals surface area contributed by atoms with Crippen molar-refractivity contribution in [2.45, 2.75) is 45.1 Å². The summed E-state index contributed by atoms with van der Waals surface area (Å²) in [6, 6.07) is 24.1. The molecule has 216 valence electrons. The molecule has 8 nitrogen and oxygen atoms in total. The maximum atomic E-state index is 13.5. The second-order valence-corrected chi connectivity index (χ2v) is 10.4. The standard InChI is InChI=1S/C33H39N3O5/c1-24(37)35-17-16-27-7-3-5-9-29(27)21-28-8-4-2-6-26(28)12-15-32(38)36-19-18-34-22-30(36)20-25-10-13-31(14-11-25)41-23-33(39)40/h2-11,13-14,30,34H,12,15-23H2,1H3,(H,35,37)(H,39,40). The van der Waals surface area contributed by atoms with Crippen molar-refractivity contribution in [3.63, 3.8) is 0 Å². The summed E-state index contributed by atoms with van der Waals surface area (Å²) in [6.45, 7) is 3.95. The summed E-state index contributed by atoms with van der Waals surface area (Å²) < 4.78 is 5.23. The number of nitrogens with zero attached hydrogens (tertiary/aromatic N) is 1. The highest BCUT2D eigenvalue weighted by molar-refractivity contribution is 5.77. The average Bonchev–Trinajstić information content (AvgIpc) is 2.97. The number of carboxylic acids is 1. The minimum Gasteiger partial charge on any atom is -0.482 e. The van der Waals surface area contributed by atoms with Gasteiger partial charge in [0.15, 0.2) is 6.61 Å². The Kier molecular flexibility index (Phi) is 10.9. The van der Waals surface area contributed by atoms with E-state index in [0.717, 1.165) is 31.5 Å². The molecule has 1 saturated heterocycles. The lowest BCUT2D eigenvalue weighted by Gasteiger charge is -2.36. The van der Waals surface area contributed by atoms with Crippen LogP contribution in [0.5, 0.6) is 5.75 Å². The van der Waals surface area contributed by atoms with Gasteiger partial charge in [-0.2, -0.15) is 0 Å². The minimum absolute atomic E-state index is 0.0234. The molecule has 0 saturated carbocycles. The molecule has 0 spiro atoms. The summed E-state index contributed by atoms with van der Waals surface area (Å²) in [5.74, 6) is -0.365. The summed E-state index contributed by atoms with van der Waals surface area (Å²) >= 11 is 0. The van der Waals surface area contributed by atoms with Crippen LogP contribution in [0.3, 0.4) is 0 Å². The monoisotopic (exact) mass is 557 g/mol. The van der Waals surface area contributed by atoms with Crippen molar-refractivity contribution in [2.75, 3.05) is 32.8 Å². The minimum atomic E-state index is -1.01. The van der Waals surface area contributed by atoms with Crippen molar-refractivity contribution < 1.29 is 24.2 Å². The summed E-state index contributed by atoms with van der Waals surface area (Å²) in [5.41, 5.74) is 5.92. The van der Waals surface area contributed by atoms with E-state index in [1.54, 1.807) is 12.1 Å². The largest absolute Gasteiger partial charge is 0.482 e. The normalized spacial score (nSPS) is 14.9. The smallest absolute Gasteiger partial charge is 0.341 e. The predicted octanol–water partition coefficient (Wildman–Crippen LogP) is 3.40. The highest BCUT2D eigenvalue weighted by atomic mass is 16.5. The molecule has 0 aromatic heterocycles. The van der Waals surface area contributed by atoms with E-state index in [0.29, 0.717) is 38.1 Å². The maximum Gasteiger partial charge on any atom is 0.341 e. The molecule has 2 amide bonds. The highest BCUT2D eigenvalue weighted by Crippen LogP contribution is 2.21. The van der Waals surface area contributed by atoms with Crippen LogP contribution in [0.15, 0.2) is 72.8 Å². The molecule has 1 unspecified atom stereocenters. The quantitative estimate of drug-likeness (QED) is 0.297. The van der Waals surface area contributed by atoms with E-state index in [9.17, 15) is 14.4 Å². The number of aryl methyl sites for hydroxylation is 1. The topological polar surface area (TPSA) is 108 Å². The van der Waals surface area contributed by atoms with E-state index in [1.807, 2.05) is 41.3 Å². The SMILES string of the molecule is CC(=O)NCCc1ccccc1Cc1ccccc1CCC(=O)N1CCNCC1Cc1ccc(OCC(=O)O)cc1. The Hall–Kier alpha value is -4.17. The summed E-state index contributed by atoms with van der Waals surface area (Å²) in [6.07, 6.45) is 3.39. The summed E-state index contributed by atoms with van der Waals surface area (Å²) in [4.78, 5) is 37.5. The molecule has 1 atom stereocenters. The first-order chi connectivity index (χ1) is 19.9. The van der Waals surface area contributed by atoms with Crippen molar-refractivity contribution >= 4 is 17.8 Å². The number of carbonyl (C=O) groups excluding carboxylic acids is 2. The van der Waals surface area contributed by atoms with Gasteiger partial charge in [-0.1, -0.05) is 60.7 Å². The third kappa shape index (κ3) is 9.18. The van der Waals surface area contributed by atoms with Crippen LogP contribution in [0.4, 0.5) is 0 Å². The number of benzene rings is 3. The fourth-order valence-corrected chi connectivity index (χ4v) is 5.32. The Morgan fingerprint density at radius 2 is 1.56 bits per heavy atom. The fourth-order valence-electron chi connectivity index (χ4n) is 5.32. The zero-order valence-corrected chi connectivity index (χ0v) is 23.6. The van der Waals surface area contributed by atoms with Gasteiger partial charge in [0.25, 0.3) is 0 Å². The van der Waals surface area contributed by atoms with Gasteiger partial charge in [0.2, 0.25) is 11.8 Å². The van der Waals surface area contributed by atoms with E-state index in [4.69, 9.17) is 9.84 Å². The second kappa shape index (κ2) is 15.0. The lowest BCUT2D eigenvalue weighted by molar-refractivity contribution is -0.139. The number of ether oxygens (including phenoxy) is 1. The molecule has 41 heavy (non-hydrogen) atoms. The van der Waals surface area contributed by atoms with Crippen molar-refractivity contribution in [3.8, 4) is 5.75 Å². The van der Waals surface area contributed by atoms with Gasteiger partial charge in [-0.15, -0.1) is 0 Å². The Bertz CT molecular complexity index is 1320. The van der Waals surface area contributed by atoms with Crippen LogP contribution in [0.25, 0.3) is 0 Å². The highest BCUT2D eigenvalue weighted by Gasteiger charge is 2.26. The molecular formula is C33H39N3O5. The first-order valence-corrected chi connectivity index (χ1v) is 14.2. The molecule has 0 aliphatic carbocycles. The summed E-state index contributed by atoms with van der Waals surface area (Å²) in [7, 11) is 0. The van der Waals surface area contributed by atoms with Crippen LogP contribution in [0.1, 0.15) is 41.2 Å². The second-order valence-electron chi connectivity index (χ2n) is 10.4. The Balaban J connectivity index is 1.37. The number of carboxylic acid groups (broad SMARTS) is 1. The Morgan fingerprint density at radius 1 is 0.927 bits per heavy atom. The molecule has 8 heteroatoms. The molecule has 4 rings (SSSR count). The third-order valence-electron chi connectivity index (χ3n) is 7.42. The zero-order valence-electron chi connectivity index (χ0n) is 23.6.